The number of pyridine rings is 1. The number of halogens is 1. The number of rotatable bonds is 3. The van der Waals surface area contributed by atoms with E-state index >= 15 is 0 Å². The Balaban J connectivity index is 0.00000218. The highest BCUT2D eigenvalue weighted by atomic mass is 35.5. The molecule has 1 N–H and O–H groups in total. The van der Waals surface area contributed by atoms with Gasteiger partial charge in [-0.2, -0.15) is 0 Å². The summed E-state index contributed by atoms with van der Waals surface area (Å²) in [5, 5.41) is 4.75. The largest absolute Gasteiger partial charge is 0.346 e. The molecule has 0 bridgehead atoms. The Morgan fingerprint density at radius 1 is 1.00 bits per heavy atom. The summed E-state index contributed by atoms with van der Waals surface area (Å²) in [5.74, 6) is 0. The fraction of sp³-hybridized carbons (Fsp3) is 0.208. The first-order valence-corrected chi connectivity index (χ1v) is 11.1. The van der Waals surface area contributed by atoms with Crippen LogP contribution in [0.15, 0.2) is 70.5 Å². The standard InChI is InChI=1S/C24H23N3OS.ClH/c1-26-22-14-18(5-8-20(22)21-9-11-25-15-23(21)26)27-12-10-17(13-24(27)28)16-3-6-19(29-2)7-4-16;/h3-8,10,12-14,25H,9,11,15H2,1-2H3;1H. The highest BCUT2D eigenvalue weighted by Gasteiger charge is 2.18. The fourth-order valence-corrected chi connectivity index (χ4v) is 4.69. The minimum absolute atomic E-state index is 0. The van der Waals surface area contributed by atoms with Crippen LogP contribution >= 0.6 is 24.2 Å². The fourth-order valence-electron chi connectivity index (χ4n) is 4.29. The van der Waals surface area contributed by atoms with E-state index in [4.69, 9.17) is 0 Å². The molecule has 1 aliphatic heterocycles. The van der Waals surface area contributed by atoms with Crippen molar-refractivity contribution in [1.29, 1.82) is 0 Å². The first-order chi connectivity index (χ1) is 14.2. The van der Waals surface area contributed by atoms with Crippen LogP contribution in [0.4, 0.5) is 0 Å². The van der Waals surface area contributed by atoms with E-state index in [1.807, 2.05) is 12.3 Å². The van der Waals surface area contributed by atoms with Gasteiger partial charge in [-0.15, -0.1) is 24.2 Å². The lowest BCUT2D eigenvalue weighted by atomic mass is 10.0. The Morgan fingerprint density at radius 2 is 1.80 bits per heavy atom. The van der Waals surface area contributed by atoms with Gasteiger partial charge in [-0.25, -0.2) is 0 Å². The molecular formula is C24H24ClN3OS. The average Bonchev–Trinajstić information content (AvgIpc) is 3.06. The van der Waals surface area contributed by atoms with E-state index < -0.39 is 0 Å². The van der Waals surface area contributed by atoms with Gasteiger partial charge < -0.3 is 9.88 Å². The number of benzene rings is 2. The quantitative estimate of drug-likeness (QED) is 0.468. The van der Waals surface area contributed by atoms with E-state index in [9.17, 15) is 4.79 Å². The number of aromatic nitrogens is 2. The van der Waals surface area contributed by atoms with Crippen molar-refractivity contribution in [3.05, 3.63) is 82.4 Å². The molecule has 2 aromatic heterocycles. The van der Waals surface area contributed by atoms with Gasteiger partial charge in [0.15, 0.2) is 0 Å². The smallest absolute Gasteiger partial charge is 0.255 e. The van der Waals surface area contributed by atoms with Crippen molar-refractivity contribution in [2.24, 2.45) is 7.05 Å². The first kappa shape index (κ1) is 20.8. The predicted molar refractivity (Wildman–Crippen MR) is 128 cm³/mol. The summed E-state index contributed by atoms with van der Waals surface area (Å²) in [6.45, 7) is 1.92. The molecule has 4 aromatic rings. The summed E-state index contributed by atoms with van der Waals surface area (Å²) in [6, 6.07) is 18.4. The zero-order valence-electron chi connectivity index (χ0n) is 17.0. The molecule has 0 spiro atoms. The van der Waals surface area contributed by atoms with Crippen LogP contribution in [0, 0.1) is 0 Å². The van der Waals surface area contributed by atoms with Crippen LogP contribution < -0.4 is 10.9 Å². The normalized spacial score (nSPS) is 13.1. The monoisotopic (exact) mass is 437 g/mol. The Labute approximate surface area is 186 Å². The van der Waals surface area contributed by atoms with Crippen molar-refractivity contribution in [3.8, 4) is 16.8 Å². The highest BCUT2D eigenvalue weighted by Crippen LogP contribution is 2.29. The van der Waals surface area contributed by atoms with Crippen molar-refractivity contribution in [1.82, 2.24) is 14.5 Å². The van der Waals surface area contributed by atoms with Gasteiger partial charge in [0.05, 0.1) is 11.2 Å². The summed E-state index contributed by atoms with van der Waals surface area (Å²) in [5.41, 5.74) is 6.85. The lowest BCUT2D eigenvalue weighted by Crippen LogP contribution is -2.24. The Hall–Kier alpha value is -2.47. The number of thioether (sulfide) groups is 1. The topological polar surface area (TPSA) is 39.0 Å². The third kappa shape index (κ3) is 3.47. The van der Waals surface area contributed by atoms with Crippen molar-refractivity contribution < 1.29 is 0 Å². The second-order valence-electron chi connectivity index (χ2n) is 7.46. The van der Waals surface area contributed by atoms with Gasteiger partial charge in [-0.3, -0.25) is 9.36 Å². The molecular weight excluding hydrogens is 414 g/mol. The number of nitrogens with zero attached hydrogens (tertiary/aromatic N) is 2. The summed E-state index contributed by atoms with van der Waals surface area (Å²) in [7, 11) is 2.11. The molecule has 0 fully saturated rings. The second-order valence-corrected chi connectivity index (χ2v) is 8.34. The number of hydrogen-bond acceptors (Lipinski definition) is 3. The van der Waals surface area contributed by atoms with Gasteiger partial charge >= 0.3 is 0 Å². The van der Waals surface area contributed by atoms with Gasteiger partial charge in [0, 0.05) is 41.8 Å². The molecule has 5 rings (SSSR count). The summed E-state index contributed by atoms with van der Waals surface area (Å²) >= 11 is 1.72. The number of hydrogen-bond donors (Lipinski definition) is 1. The molecule has 2 aromatic carbocycles. The molecule has 0 saturated heterocycles. The number of aryl methyl sites for hydroxylation is 1. The molecule has 0 radical (unpaired) electrons. The molecule has 0 unspecified atom stereocenters. The molecule has 3 heterocycles. The van der Waals surface area contributed by atoms with Gasteiger partial charge in [0.1, 0.15) is 0 Å². The summed E-state index contributed by atoms with van der Waals surface area (Å²) < 4.78 is 3.98. The summed E-state index contributed by atoms with van der Waals surface area (Å²) in [4.78, 5) is 14.1. The van der Waals surface area contributed by atoms with Gasteiger partial charge in [0.25, 0.3) is 5.56 Å². The van der Waals surface area contributed by atoms with Crippen LogP contribution in [-0.2, 0) is 20.0 Å². The first-order valence-electron chi connectivity index (χ1n) is 9.84. The third-order valence-electron chi connectivity index (χ3n) is 5.89. The molecule has 6 heteroatoms. The average molecular weight is 438 g/mol. The Kier molecular flexibility index (Phi) is 5.78. The SMILES string of the molecule is CSc1ccc(-c2ccn(-c3ccc4c5c(n(C)c4c3)CNCC5)c(=O)c2)cc1.Cl. The van der Waals surface area contributed by atoms with Crippen molar-refractivity contribution >= 4 is 35.1 Å². The van der Waals surface area contributed by atoms with Crippen LogP contribution in [0.2, 0.25) is 0 Å². The van der Waals surface area contributed by atoms with Crippen LogP contribution in [0.1, 0.15) is 11.3 Å². The molecule has 1 aliphatic rings. The lowest BCUT2D eigenvalue weighted by Gasteiger charge is -2.14. The maximum Gasteiger partial charge on any atom is 0.255 e. The van der Waals surface area contributed by atoms with E-state index in [1.165, 1.54) is 27.1 Å². The van der Waals surface area contributed by atoms with E-state index in [1.54, 1.807) is 22.4 Å². The van der Waals surface area contributed by atoms with Crippen LogP contribution in [-0.4, -0.2) is 21.9 Å². The number of fused-ring (bicyclic) bond motifs is 3. The highest BCUT2D eigenvalue weighted by molar-refractivity contribution is 7.98. The molecule has 0 atom stereocenters. The van der Waals surface area contributed by atoms with E-state index in [0.717, 1.165) is 36.3 Å². The van der Waals surface area contributed by atoms with Gasteiger partial charge in [-0.1, -0.05) is 18.2 Å². The van der Waals surface area contributed by atoms with E-state index in [-0.39, 0.29) is 18.0 Å². The Bertz CT molecular complexity index is 1270. The van der Waals surface area contributed by atoms with Gasteiger partial charge in [0.2, 0.25) is 0 Å². The van der Waals surface area contributed by atoms with Gasteiger partial charge in [-0.05, 0) is 66.2 Å². The molecule has 154 valence electrons. The number of nitrogens with one attached hydrogen (secondary N) is 1. The molecule has 0 aliphatic carbocycles. The van der Waals surface area contributed by atoms with Crippen molar-refractivity contribution in [2.75, 3.05) is 12.8 Å². The van der Waals surface area contributed by atoms with E-state index in [0.29, 0.717) is 0 Å². The van der Waals surface area contributed by atoms with Crippen molar-refractivity contribution in [2.45, 2.75) is 17.9 Å². The maximum atomic E-state index is 12.9. The van der Waals surface area contributed by atoms with E-state index in [2.05, 4.69) is 65.7 Å². The summed E-state index contributed by atoms with van der Waals surface area (Å²) in [6.07, 6.45) is 4.99. The van der Waals surface area contributed by atoms with Crippen LogP contribution in [0.5, 0.6) is 0 Å². The zero-order chi connectivity index (χ0) is 20.0. The maximum absolute atomic E-state index is 12.9. The minimum atomic E-state index is -0.0172. The van der Waals surface area contributed by atoms with Crippen molar-refractivity contribution in [3.63, 3.8) is 0 Å². The molecule has 0 amide bonds. The Morgan fingerprint density at radius 3 is 2.53 bits per heavy atom. The second kappa shape index (κ2) is 8.34. The zero-order valence-corrected chi connectivity index (χ0v) is 18.6. The van der Waals surface area contributed by atoms with Crippen LogP contribution in [0.3, 0.4) is 0 Å². The predicted octanol–water partition coefficient (Wildman–Crippen LogP) is 4.79. The molecule has 0 saturated carbocycles. The molecule has 4 nitrogen and oxygen atoms in total. The lowest BCUT2D eigenvalue weighted by molar-refractivity contribution is 0.614. The minimum Gasteiger partial charge on any atom is -0.346 e. The molecule has 30 heavy (non-hydrogen) atoms. The third-order valence-corrected chi connectivity index (χ3v) is 6.63. The van der Waals surface area contributed by atoms with Crippen LogP contribution in [0.25, 0.3) is 27.7 Å².